The highest BCUT2D eigenvalue weighted by Gasteiger charge is 2.45. The van der Waals surface area contributed by atoms with Crippen molar-refractivity contribution in [3.05, 3.63) is 95.6 Å². The van der Waals surface area contributed by atoms with Crippen LogP contribution in [0.4, 0.5) is 13.2 Å². The quantitative estimate of drug-likeness (QED) is 0.438. The maximum absolute atomic E-state index is 14.1. The summed E-state index contributed by atoms with van der Waals surface area (Å²) >= 11 is 6.78. The summed E-state index contributed by atoms with van der Waals surface area (Å²) in [5.74, 6) is -0.616. The number of alkyl halides is 3. The molecule has 0 saturated carbocycles. The minimum Gasteiger partial charge on any atom is -0.494 e. The van der Waals surface area contributed by atoms with Crippen LogP contribution in [0.25, 0.3) is 6.08 Å². The van der Waals surface area contributed by atoms with E-state index in [0.717, 1.165) is 15.9 Å². The summed E-state index contributed by atoms with van der Waals surface area (Å²) < 4.78 is 54.1. The van der Waals surface area contributed by atoms with Gasteiger partial charge in [0.05, 0.1) is 29.4 Å². The van der Waals surface area contributed by atoms with Gasteiger partial charge in [0.1, 0.15) is 5.75 Å². The van der Waals surface area contributed by atoms with E-state index in [9.17, 15) is 22.8 Å². The van der Waals surface area contributed by atoms with Gasteiger partial charge in [0, 0.05) is 5.02 Å². The second kappa shape index (κ2) is 10.3. The number of hydrogen-bond donors (Lipinski definition) is 0. The lowest BCUT2D eigenvalue weighted by atomic mass is 9.95. The lowest BCUT2D eigenvalue weighted by Gasteiger charge is -2.26. The Morgan fingerprint density at radius 1 is 1.17 bits per heavy atom. The van der Waals surface area contributed by atoms with Gasteiger partial charge in [0.2, 0.25) is 0 Å². The standard InChI is InChI=1S/C25H20ClF3N2O4S/c1-3-34-17-7-5-6-14(12-17)13-18-22(32)31-20(15-8-10-16(26)11-9-15)19(23(33)35-4-2)21(25(27,28)29)30-24(31)36-18/h5-13,20H,3-4H2,1-2H3/b18-13-/t20-/m1/s1. The summed E-state index contributed by atoms with van der Waals surface area (Å²) in [5.41, 5.74) is -1.88. The number of ether oxygens (including phenoxy) is 2. The Kier molecular flexibility index (Phi) is 7.37. The van der Waals surface area contributed by atoms with Gasteiger partial charge in [-0.3, -0.25) is 9.36 Å². The third kappa shape index (κ3) is 5.10. The number of aromatic nitrogens is 1. The average molecular weight is 537 g/mol. The molecule has 6 nitrogen and oxygen atoms in total. The van der Waals surface area contributed by atoms with Crippen molar-refractivity contribution in [2.24, 2.45) is 4.99 Å². The SMILES string of the molecule is CCOC(=O)C1=C(C(F)(F)F)N=c2s/c(=C\c3cccc(OCC)c3)c(=O)n2[C@@H]1c1ccc(Cl)cc1. The van der Waals surface area contributed by atoms with Crippen molar-refractivity contribution < 1.29 is 27.4 Å². The summed E-state index contributed by atoms with van der Waals surface area (Å²) in [6, 6.07) is 11.4. The van der Waals surface area contributed by atoms with Crippen molar-refractivity contribution in [1.29, 1.82) is 0 Å². The van der Waals surface area contributed by atoms with Crippen molar-refractivity contribution in [3.63, 3.8) is 0 Å². The molecule has 1 atom stereocenters. The van der Waals surface area contributed by atoms with Crippen LogP contribution in [0, 0.1) is 0 Å². The van der Waals surface area contributed by atoms with Crippen LogP contribution in [0.2, 0.25) is 5.02 Å². The number of nitrogens with zero attached hydrogens (tertiary/aromatic N) is 2. The number of benzene rings is 2. The second-order valence-electron chi connectivity index (χ2n) is 7.62. The van der Waals surface area contributed by atoms with E-state index in [1.165, 1.54) is 31.2 Å². The Morgan fingerprint density at radius 3 is 2.53 bits per heavy atom. The molecular weight excluding hydrogens is 517 g/mol. The molecule has 0 N–H and O–H groups in total. The molecule has 0 spiro atoms. The Balaban J connectivity index is 2.01. The number of rotatable bonds is 6. The highest BCUT2D eigenvalue weighted by Crippen LogP contribution is 2.38. The maximum atomic E-state index is 14.1. The van der Waals surface area contributed by atoms with Gasteiger partial charge in [-0.2, -0.15) is 13.2 Å². The molecule has 4 rings (SSSR count). The Hall–Kier alpha value is -3.37. The lowest BCUT2D eigenvalue weighted by molar-refractivity contribution is -0.140. The van der Waals surface area contributed by atoms with Crippen molar-refractivity contribution >= 4 is 35.0 Å². The molecular formula is C25H20ClF3N2O4S. The Morgan fingerprint density at radius 2 is 1.89 bits per heavy atom. The van der Waals surface area contributed by atoms with E-state index in [2.05, 4.69) is 4.99 Å². The van der Waals surface area contributed by atoms with Gasteiger partial charge < -0.3 is 9.47 Å². The van der Waals surface area contributed by atoms with E-state index in [1.54, 1.807) is 30.3 Å². The molecule has 0 radical (unpaired) electrons. The average Bonchev–Trinajstić information content (AvgIpc) is 3.13. The molecule has 0 bridgehead atoms. The molecule has 0 unspecified atom stereocenters. The minimum absolute atomic E-state index is 0.146. The zero-order chi connectivity index (χ0) is 26.0. The van der Waals surface area contributed by atoms with Crippen LogP contribution in [-0.2, 0) is 9.53 Å². The zero-order valence-electron chi connectivity index (χ0n) is 19.1. The third-order valence-corrected chi connectivity index (χ3v) is 6.48. The maximum Gasteiger partial charge on any atom is 0.434 e. The molecule has 36 heavy (non-hydrogen) atoms. The Labute approximate surface area is 212 Å². The molecule has 188 valence electrons. The summed E-state index contributed by atoms with van der Waals surface area (Å²) in [7, 11) is 0. The van der Waals surface area contributed by atoms with Crippen molar-refractivity contribution in [1.82, 2.24) is 4.57 Å². The normalized spacial score (nSPS) is 15.9. The lowest BCUT2D eigenvalue weighted by Crippen LogP contribution is -2.41. The van der Waals surface area contributed by atoms with Crippen LogP contribution in [0.15, 0.2) is 69.6 Å². The summed E-state index contributed by atoms with van der Waals surface area (Å²) in [6.07, 6.45) is -3.42. The number of allylic oxidation sites excluding steroid dienone is 1. The number of halogens is 4. The molecule has 0 saturated heterocycles. The topological polar surface area (TPSA) is 69.9 Å². The number of hydrogen-bond acceptors (Lipinski definition) is 6. The largest absolute Gasteiger partial charge is 0.494 e. The highest BCUT2D eigenvalue weighted by atomic mass is 35.5. The van der Waals surface area contributed by atoms with Crippen LogP contribution in [0.1, 0.15) is 31.0 Å². The first kappa shape index (κ1) is 25.7. The summed E-state index contributed by atoms with van der Waals surface area (Å²) in [5, 5.41) is 0.345. The Bertz CT molecular complexity index is 1510. The van der Waals surface area contributed by atoms with Crippen LogP contribution in [0.3, 0.4) is 0 Å². The summed E-state index contributed by atoms with van der Waals surface area (Å²) in [6.45, 7) is 3.61. The van der Waals surface area contributed by atoms with E-state index < -0.39 is 35.0 Å². The number of fused-ring (bicyclic) bond motifs is 1. The van der Waals surface area contributed by atoms with E-state index in [1.807, 2.05) is 6.92 Å². The van der Waals surface area contributed by atoms with Gasteiger partial charge in [-0.1, -0.05) is 47.2 Å². The van der Waals surface area contributed by atoms with Gasteiger partial charge >= 0.3 is 12.1 Å². The van der Waals surface area contributed by atoms with E-state index >= 15 is 0 Å². The van der Waals surface area contributed by atoms with Crippen molar-refractivity contribution in [2.45, 2.75) is 26.1 Å². The van der Waals surface area contributed by atoms with Crippen LogP contribution < -0.4 is 19.6 Å². The molecule has 2 aromatic carbocycles. The van der Waals surface area contributed by atoms with Crippen LogP contribution >= 0.6 is 22.9 Å². The predicted octanol–water partition coefficient (Wildman–Crippen LogP) is 4.39. The zero-order valence-corrected chi connectivity index (χ0v) is 20.7. The fourth-order valence-electron chi connectivity index (χ4n) is 3.81. The highest BCUT2D eigenvalue weighted by molar-refractivity contribution is 7.07. The first-order valence-corrected chi connectivity index (χ1v) is 12.1. The van der Waals surface area contributed by atoms with Gasteiger partial charge in [-0.05, 0) is 55.3 Å². The smallest absolute Gasteiger partial charge is 0.434 e. The molecule has 3 aromatic rings. The molecule has 0 fully saturated rings. The molecule has 2 heterocycles. The van der Waals surface area contributed by atoms with Crippen LogP contribution in [0.5, 0.6) is 5.75 Å². The first-order chi connectivity index (χ1) is 17.1. The second-order valence-corrected chi connectivity index (χ2v) is 9.07. The van der Waals surface area contributed by atoms with E-state index in [0.29, 0.717) is 22.9 Å². The molecule has 11 heteroatoms. The van der Waals surface area contributed by atoms with Gasteiger partial charge in [-0.15, -0.1) is 0 Å². The molecule has 0 aliphatic carbocycles. The number of esters is 1. The number of carbonyl (C=O) groups is 1. The van der Waals surface area contributed by atoms with E-state index in [-0.39, 0.29) is 21.5 Å². The van der Waals surface area contributed by atoms with Gasteiger partial charge in [-0.25, -0.2) is 9.79 Å². The first-order valence-electron chi connectivity index (χ1n) is 10.9. The van der Waals surface area contributed by atoms with Crippen LogP contribution in [-0.4, -0.2) is 29.9 Å². The predicted molar refractivity (Wildman–Crippen MR) is 130 cm³/mol. The van der Waals surface area contributed by atoms with Gasteiger partial charge in [0.25, 0.3) is 5.56 Å². The fourth-order valence-corrected chi connectivity index (χ4v) is 4.94. The summed E-state index contributed by atoms with van der Waals surface area (Å²) in [4.78, 5) is 29.9. The van der Waals surface area contributed by atoms with Gasteiger partial charge in [0.15, 0.2) is 10.5 Å². The molecule has 0 amide bonds. The minimum atomic E-state index is -4.96. The van der Waals surface area contributed by atoms with Crippen molar-refractivity contribution in [2.75, 3.05) is 13.2 Å². The molecule has 1 aliphatic rings. The molecule has 1 aromatic heterocycles. The molecule has 1 aliphatic heterocycles. The monoisotopic (exact) mass is 536 g/mol. The third-order valence-electron chi connectivity index (χ3n) is 5.25. The fraction of sp³-hybridized carbons (Fsp3) is 0.240. The number of thiazole rings is 1. The van der Waals surface area contributed by atoms with Crippen molar-refractivity contribution in [3.8, 4) is 5.75 Å². The van der Waals surface area contributed by atoms with E-state index in [4.69, 9.17) is 21.1 Å². The number of carbonyl (C=O) groups excluding carboxylic acids is 1.